The van der Waals surface area contributed by atoms with Crippen molar-refractivity contribution in [2.75, 3.05) is 0 Å². The topological polar surface area (TPSA) is 18.5 Å². The molecule has 0 aromatic heterocycles. The van der Waals surface area contributed by atoms with Gasteiger partial charge in [0.2, 0.25) is 0 Å². The quantitative estimate of drug-likeness (QED) is 0.609. The lowest BCUT2D eigenvalue weighted by Crippen LogP contribution is -2.52. The minimum atomic E-state index is -0.539. The van der Waals surface area contributed by atoms with E-state index in [9.17, 15) is 0 Å². The van der Waals surface area contributed by atoms with Crippen LogP contribution in [0.25, 0.3) is 0 Å². The number of rotatable bonds is 1. The standard InChI is InChI=1S/C21H34O2/c1-8-13(2)20(7)22-17-12-21-11-16(19(17,6)23-20)18(4,5)15(21)10-9-14(21)3/h8,14-17H,9-12H2,1-7H3/b13-8-/t14-,15+,16-,17+,19-,20+,21-/m1/s1. The predicted molar refractivity (Wildman–Crippen MR) is 93.0 cm³/mol. The molecule has 0 unspecified atom stereocenters. The largest absolute Gasteiger partial charge is 0.340 e. The molecule has 7 atom stereocenters. The Morgan fingerprint density at radius 3 is 2.39 bits per heavy atom. The van der Waals surface area contributed by atoms with Gasteiger partial charge in [-0.3, -0.25) is 0 Å². The highest BCUT2D eigenvalue weighted by molar-refractivity contribution is 5.24. The van der Waals surface area contributed by atoms with Crippen LogP contribution in [0, 0.1) is 28.6 Å². The monoisotopic (exact) mass is 318 g/mol. The molecule has 0 radical (unpaired) electrons. The molecule has 130 valence electrons. The first kappa shape index (κ1) is 16.1. The second-order valence-electron chi connectivity index (χ2n) is 9.86. The van der Waals surface area contributed by atoms with Crippen molar-refractivity contribution in [1.29, 1.82) is 0 Å². The summed E-state index contributed by atoms with van der Waals surface area (Å²) >= 11 is 0. The summed E-state index contributed by atoms with van der Waals surface area (Å²) in [6, 6.07) is 0. The first-order chi connectivity index (χ1) is 10.6. The summed E-state index contributed by atoms with van der Waals surface area (Å²) in [4.78, 5) is 0. The van der Waals surface area contributed by atoms with Gasteiger partial charge in [0, 0.05) is 0 Å². The van der Waals surface area contributed by atoms with Crippen LogP contribution in [0.2, 0.25) is 0 Å². The van der Waals surface area contributed by atoms with Gasteiger partial charge >= 0.3 is 0 Å². The number of allylic oxidation sites excluding steroid dienone is 1. The summed E-state index contributed by atoms with van der Waals surface area (Å²) in [5, 5.41) is 0. The van der Waals surface area contributed by atoms with Crippen LogP contribution in [0.15, 0.2) is 11.6 Å². The molecule has 2 bridgehead atoms. The van der Waals surface area contributed by atoms with Crippen LogP contribution in [0.1, 0.15) is 74.1 Å². The van der Waals surface area contributed by atoms with Gasteiger partial charge in [-0.2, -0.15) is 0 Å². The number of ether oxygens (including phenoxy) is 2. The summed E-state index contributed by atoms with van der Waals surface area (Å²) in [7, 11) is 0. The Morgan fingerprint density at radius 2 is 1.74 bits per heavy atom. The fourth-order valence-corrected chi connectivity index (χ4v) is 7.26. The first-order valence-electron chi connectivity index (χ1n) is 9.61. The molecule has 0 amide bonds. The third-order valence-corrected chi connectivity index (χ3v) is 8.77. The summed E-state index contributed by atoms with van der Waals surface area (Å²) < 4.78 is 13.4. The molecule has 3 aliphatic carbocycles. The maximum atomic E-state index is 6.77. The Balaban J connectivity index is 1.78. The lowest BCUT2D eigenvalue weighted by molar-refractivity contribution is -0.165. The van der Waals surface area contributed by atoms with Gasteiger partial charge in [-0.15, -0.1) is 0 Å². The van der Waals surface area contributed by atoms with Crippen LogP contribution in [0.5, 0.6) is 0 Å². The Labute approximate surface area is 142 Å². The molecule has 1 saturated heterocycles. The molecule has 1 aliphatic heterocycles. The van der Waals surface area contributed by atoms with Crippen molar-refractivity contribution < 1.29 is 9.47 Å². The number of hydrogen-bond acceptors (Lipinski definition) is 2. The van der Waals surface area contributed by atoms with Gasteiger partial charge < -0.3 is 9.47 Å². The van der Waals surface area contributed by atoms with E-state index in [1.165, 1.54) is 31.3 Å². The summed E-state index contributed by atoms with van der Waals surface area (Å²) in [6.07, 6.45) is 7.72. The van der Waals surface area contributed by atoms with Gasteiger partial charge in [-0.1, -0.05) is 26.8 Å². The van der Waals surface area contributed by atoms with Crippen molar-refractivity contribution in [3.8, 4) is 0 Å². The average molecular weight is 319 g/mol. The van der Waals surface area contributed by atoms with Crippen molar-refractivity contribution in [3.63, 3.8) is 0 Å². The van der Waals surface area contributed by atoms with Crippen molar-refractivity contribution >= 4 is 0 Å². The molecule has 0 aromatic rings. The summed E-state index contributed by atoms with van der Waals surface area (Å²) in [6.45, 7) is 16.2. The zero-order valence-electron chi connectivity index (χ0n) is 16.0. The van der Waals surface area contributed by atoms with Crippen LogP contribution < -0.4 is 0 Å². The fraction of sp³-hybridized carbons (Fsp3) is 0.905. The van der Waals surface area contributed by atoms with Crippen molar-refractivity contribution in [2.24, 2.45) is 28.6 Å². The molecule has 3 saturated carbocycles. The fourth-order valence-electron chi connectivity index (χ4n) is 7.26. The highest BCUT2D eigenvalue weighted by Crippen LogP contribution is 2.75. The molecule has 4 rings (SSSR count). The highest BCUT2D eigenvalue weighted by atomic mass is 16.8. The number of fused-ring (bicyclic) bond motifs is 3. The van der Waals surface area contributed by atoms with Crippen molar-refractivity contribution in [3.05, 3.63) is 11.6 Å². The smallest absolute Gasteiger partial charge is 0.188 e. The van der Waals surface area contributed by atoms with Gasteiger partial charge in [-0.05, 0) is 87.5 Å². The van der Waals surface area contributed by atoms with Crippen LogP contribution in [0.3, 0.4) is 0 Å². The van der Waals surface area contributed by atoms with Crippen LogP contribution >= 0.6 is 0 Å². The Bertz CT molecular complexity index is 564. The molecular weight excluding hydrogens is 284 g/mol. The van der Waals surface area contributed by atoms with E-state index in [4.69, 9.17) is 9.47 Å². The maximum Gasteiger partial charge on any atom is 0.188 e. The highest BCUT2D eigenvalue weighted by Gasteiger charge is 2.74. The van der Waals surface area contributed by atoms with E-state index in [1.807, 2.05) is 0 Å². The third-order valence-electron chi connectivity index (χ3n) is 8.77. The summed E-state index contributed by atoms with van der Waals surface area (Å²) in [5.74, 6) is 1.74. The molecule has 4 aliphatic rings. The molecule has 2 heteroatoms. The van der Waals surface area contributed by atoms with Crippen LogP contribution in [0.4, 0.5) is 0 Å². The van der Waals surface area contributed by atoms with Gasteiger partial charge in [0.25, 0.3) is 0 Å². The number of hydrogen-bond donors (Lipinski definition) is 0. The average Bonchev–Trinajstić information content (AvgIpc) is 3.00. The predicted octanol–water partition coefficient (Wildman–Crippen LogP) is 5.33. The second kappa shape index (κ2) is 4.43. The van der Waals surface area contributed by atoms with Crippen LogP contribution in [-0.4, -0.2) is 17.5 Å². The molecule has 0 aromatic carbocycles. The minimum Gasteiger partial charge on any atom is -0.340 e. The zero-order chi connectivity index (χ0) is 16.8. The first-order valence-corrected chi connectivity index (χ1v) is 9.61. The molecule has 4 fully saturated rings. The molecular formula is C21H34O2. The van der Waals surface area contributed by atoms with Gasteiger partial charge in [0.15, 0.2) is 5.79 Å². The van der Waals surface area contributed by atoms with Crippen molar-refractivity contribution in [2.45, 2.75) is 91.6 Å². The second-order valence-corrected chi connectivity index (χ2v) is 9.86. The Hall–Kier alpha value is -0.340. The lowest BCUT2D eigenvalue weighted by Gasteiger charge is -2.47. The maximum absolute atomic E-state index is 6.77. The Kier molecular flexibility index (Phi) is 3.11. The summed E-state index contributed by atoms with van der Waals surface area (Å²) in [5.41, 5.74) is 1.91. The van der Waals surface area contributed by atoms with Gasteiger partial charge in [0.05, 0.1) is 11.7 Å². The van der Waals surface area contributed by atoms with E-state index >= 15 is 0 Å². The SMILES string of the molecule is C/C=C(/C)[C@@]1(C)O[C@H]2C[C@@]34C[C@H](C(C)(C)[C@@H]3CC[C@H]4C)[C@@]2(C)O1. The minimum absolute atomic E-state index is 0.141. The van der Waals surface area contributed by atoms with E-state index in [0.29, 0.717) is 16.7 Å². The zero-order valence-corrected chi connectivity index (χ0v) is 16.0. The van der Waals surface area contributed by atoms with Crippen molar-refractivity contribution in [1.82, 2.24) is 0 Å². The molecule has 23 heavy (non-hydrogen) atoms. The van der Waals surface area contributed by atoms with Gasteiger partial charge in [-0.25, -0.2) is 0 Å². The van der Waals surface area contributed by atoms with Crippen LogP contribution in [-0.2, 0) is 9.47 Å². The van der Waals surface area contributed by atoms with E-state index in [1.54, 1.807) is 0 Å². The van der Waals surface area contributed by atoms with E-state index in [0.717, 1.165) is 11.8 Å². The molecule has 0 N–H and O–H groups in total. The lowest BCUT2D eigenvalue weighted by atomic mass is 9.63. The Morgan fingerprint density at radius 1 is 1.04 bits per heavy atom. The van der Waals surface area contributed by atoms with Gasteiger partial charge in [0.1, 0.15) is 0 Å². The molecule has 1 heterocycles. The normalized spacial score (nSPS) is 57.4. The third kappa shape index (κ3) is 1.73. The van der Waals surface area contributed by atoms with E-state index in [2.05, 4.69) is 54.5 Å². The molecule has 2 nitrogen and oxygen atoms in total. The van der Waals surface area contributed by atoms with E-state index < -0.39 is 5.79 Å². The van der Waals surface area contributed by atoms with E-state index in [-0.39, 0.29) is 11.7 Å². The molecule has 1 spiro atoms.